The number of hydrogen-bond donors (Lipinski definition) is 1. The fourth-order valence-electron chi connectivity index (χ4n) is 1.94. The largest absolute Gasteiger partial charge is 0.466 e. The van der Waals surface area contributed by atoms with E-state index in [1.165, 1.54) is 0 Å². The van der Waals surface area contributed by atoms with Crippen molar-refractivity contribution in [3.63, 3.8) is 0 Å². The van der Waals surface area contributed by atoms with Gasteiger partial charge in [-0.2, -0.15) is 0 Å². The molecule has 0 aliphatic rings. The molecule has 0 bridgehead atoms. The minimum atomic E-state index is -0.600. The van der Waals surface area contributed by atoms with Crippen molar-refractivity contribution in [3.8, 4) is 0 Å². The molecule has 1 heterocycles. The molecule has 1 atom stereocenters. The van der Waals surface area contributed by atoms with Crippen molar-refractivity contribution in [2.45, 2.75) is 26.9 Å². The van der Waals surface area contributed by atoms with E-state index in [1.54, 1.807) is 0 Å². The number of benzene rings is 1. The van der Waals surface area contributed by atoms with Crippen LogP contribution in [0.25, 0.3) is 0 Å². The zero-order valence-corrected chi connectivity index (χ0v) is 9.82. The number of furan rings is 1. The third-order valence-electron chi connectivity index (χ3n) is 2.73. The molecule has 1 unspecified atom stereocenters. The van der Waals surface area contributed by atoms with E-state index in [-0.39, 0.29) is 0 Å². The van der Waals surface area contributed by atoms with Crippen molar-refractivity contribution in [3.05, 3.63) is 58.5 Å². The normalized spacial score (nSPS) is 12.8. The highest BCUT2D eigenvalue weighted by Gasteiger charge is 2.16. The van der Waals surface area contributed by atoms with Crippen LogP contribution >= 0.6 is 0 Å². The van der Waals surface area contributed by atoms with Gasteiger partial charge in [-0.3, -0.25) is 0 Å². The summed E-state index contributed by atoms with van der Waals surface area (Å²) in [5.74, 6) is 1.62. The van der Waals surface area contributed by atoms with Crippen molar-refractivity contribution in [2.24, 2.45) is 0 Å². The van der Waals surface area contributed by atoms with Crippen LogP contribution in [-0.2, 0) is 0 Å². The highest BCUT2D eigenvalue weighted by atomic mass is 16.3. The van der Waals surface area contributed by atoms with E-state index in [0.29, 0.717) is 0 Å². The minimum Gasteiger partial charge on any atom is -0.466 e. The maximum Gasteiger partial charge on any atom is 0.107 e. The first-order chi connectivity index (χ1) is 7.58. The first-order valence-corrected chi connectivity index (χ1v) is 5.39. The monoisotopic (exact) mass is 216 g/mol. The van der Waals surface area contributed by atoms with Gasteiger partial charge < -0.3 is 9.52 Å². The highest BCUT2D eigenvalue weighted by molar-refractivity contribution is 5.34. The Morgan fingerprint density at radius 1 is 1.12 bits per heavy atom. The van der Waals surface area contributed by atoms with Gasteiger partial charge in [-0.15, -0.1) is 0 Å². The molecule has 2 heteroatoms. The third-order valence-corrected chi connectivity index (χ3v) is 2.73. The molecule has 2 nitrogen and oxygen atoms in total. The fraction of sp³-hybridized carbons (Fsp3) is 0.286. The van der Waals surface area contributed by atoms with Crippen LogP contribution in [0.1, 0.15) is 34.3 Å². The van der Waals surface area contributed by atoms with Crippen molar-refractivity contribution in [2.75, 3.05) is 0 Å². The van der Waals surface area contributed by atoms with Gasteiger partial charge in [0.05, 0.1) is 0 Å². The molecule has 2 rings (SSSR count). The molecule has 84 valence electrons. The van der Waals surface area contributed by atoms with E-state index < -0.39 is 6.10 Å². The zero-order valence-electron chi connectivity index (χ0n) is 9.82. The summed E-state index contributed by atoms with van der Waals surface area (Å²) in [7, 11) is 0. The molecule has 0 aliphatic heterocycles. The van der Waals surface area contributed by atoms with Crippen LogP contribution in [-0.4, -0.2) is 5.11 Å². The first kappa shape index (κ1) is 11.0. The average Bonchev–Trinajstić information content (AvgIpc) is 2.57. The lowest BCUT2D eigenvalue weighted by Gasteiger charge is -2.10. The van der Waals surface area contributed by atoms with Crippen molar-refractivity contribution in [1.29, 1.82) is 0 Å². The van der Waals surface area contributed by atoms with E-state index >= 15 is 0 Å². The molecule has 0 fully saturated rings. The molecule has 1 N–H and O–H groups in total. The quantitative estimate of drug-likeness (QED) is 0.835. The van der Waals surface area contributed by atoms with Crippen LogP contribution in [0.15, 0.2) is 34.7 Å². The Morgan fingerprint density at radius 3 is 2.44 bits per heavy atom. The Kier molecular flexibility index (Phi) is 2.84. The molecule has 0 saturated carbocycles. The molecule has 16 heavy (non-hydrogen) atoms. The predicted octanol–water partition coefficient (Wildman–Crippen LogP) is 3.29. The standard InChI is InChI=1S/C14H16O2/c1-9-5-4-6-12(7-9)14(15)13-8-10(2)16-11(13)3/h4-8,14-15H,1-3H3. The summed E-state index contributed by atoms with van der Waals surface area (Å²) in [4.78, 5) is 0. The molecule has 0 amide bonds. The van der Waals surface area contributed by atoms with Gasteiger partial charge in [-0.1, -0.05) is 29.8 Å². The van der Waals surface area contributed by atoms with E-state index in [4.69, 9.17) is 4.42 Å². The Morgan fingerprint density at radius 2 is 1.88 bits per heavy atom. The van der Waals surface area contributed by atoms with Gasteiger partial charge in [-0.25, -0.2) is 0 Å². The van der Waals surface area contributed by atoms with E-state index in [1.807, 2.05) is 51.1 Å². The minimum absolute atomic E-state index is 0.600. The molecular weight excluding hydrogens is 200 g/mol. The Bertz CT molecular complexity index is 497. The maximum atomic E-state index is 10.3. The molecule has 0 spiro atoms. The SMILES string of the molecule is Cc1cccc(C(O)c2cc(C)oc2C)c1. The van der Waals surface area contributed by atoms with Gasteiger partial charge in [-0.05, 0) is 32.4 Å². The molecule has 1 aromatic carbocycles. The lowest BCUT2D eigenvalue weighted by Crippen LogP contribution is -1.99. The summed E-state index contributed by atoms with van der Waals surface area (Å²) >= 11 is 0. The number of rotatable bonds is 2. The molecule has 2 aromatic rings. The van der Waals surface area contributed by atoms with Gasteiger partial charge in [0.2, 0.25) is 0 Å². The van der Waals surface area contributed by atoms with Gasteiger partial charge >= 0.3 is 0 Å². The van der Waals surface area contributed by atoms with Crippen LogP contribution in [0.3, 0.4) is 0 Å². The lowest BCUT2D eigenvalue weighted by atomic mass is 10.0. The summed E-state index contributed by atoms with van der Waals surface area (Å²) in [6.45, 7) is 5.78. The molecule has 0 saturated heterocycles. The average molecular weight is 216 g/mol. The van der Waals surface area contributed by atoms with Crippen LogP contribution in [0, 0.1) is 20.8 Å². The lowest BCUT2D eigenvalue weighted by molar-refractivity contribution is 0.218. The van der Waals surface area contributed by atoms with Crippen molar-refractivity contribution >= 4 is 0 Å². The summed E-state index contributed by atoms with van der Waals surface area (Å²) in [5, 5.41) is 10.3. The maximum absolute atomic E-state index is 10.3. The first-order valence-electron chi connectivity index (χ1n) is 5.39. The number of aliphatic hydroxyl groups is 1. The number of aryl methyl sites for hydroxylation is 3. The van der Waals surface area contributed by atoms with Gasteiger partial charge in [0.1, 0.15) is 17.6 Å². The molecule has 1 aromatic heterocycles. The summed E-state index contributed by atoms with van der Waals surface area (Å²) in [6.07, 6.45) is -0.600. The summed E-state index contributed by atoms with van der Waals surface area (Å²) < 4.78 is 5.43. The van der Waals surface area contributed by atoms with Crippen LogP contribution < -0.4 is 0 Å². The van der Waals surface area contributed by atoms with E-state index in [2.05, 4.69) is 0 Å². The van der Waals surface area contributed by atoms with Gasteiger partial charge in [0.15, 0.2) is 0 Å². The predicted molar refractivity (Wildman–Crippen MR) is 63.4 cm³/mol. The fourth-order valence-corrected chi connectivity index (χ4v) is 1.94. The third kappa shape index (κ3) is 2.02. The van der Waals surface area contributed by atoms with Crippen LogP contribution in [0.5, 0.6) is 0 Å². The van der Waals surface area contributed by atoms with Crippen molar-refractivity contribution in [1.82, 2.24) is 0 Å². The Labute approximate surface area is 95.5 Å². The number of aliphatic hydroxyl groups excluding tert-OH is 1. The van der Waals surface area contributed by atoms with Crippen LogP contribution in [0.2, 0.25) is 0 Å². The topological polar surface area (TPSA) is 33.4 Å². The Hall–Kier alpha value is -1.54. The van der Waals surface area contributed by atoms with E-state index in [9.17, 15) is 5.11 Å². The van der Waals surface area contributed by atoms with Gasteiger partial charge in [0, 0.05) is 5.56 Å². The smallest absolute Gasteiger partial charge is 0.107 e. The van der Waals surface area contributed by atoms with E-state index in [0.717, 1.165) is 28.2 Å². The summed E-state index contributed by atoms with van der Waals surface area (Å²) in [6, 6.07) is 9.79. The highest BCUT2D eigenvalue weighted by Crippen LogP contribution is 2.27. The summed E-state index contributed by atoms with van der Waals surface area (Å²) in [5.41, 5.74) is 2.90. The van der Waals surface area contributed by atoms with Gasteiger partial charge in [0.25, 0.3) is 0 Å². The molecule has 0 radical (unpaired) electrons. The molecule has 0 aliphatic carbocycles. The molecular formula is C14H16O2. The second kappa shape index (κ2) is 4.14. The number of hydrogen-bond acceptors (Lipinski definition) is 2. The zero-order chi connectivity index (χ0) is 11.7. The van der Waals surface area contributed by atoms with Crippen LogP contribution in [0.4, 0.5) is 0 Å². The second-order valence-corrected chi connectivity index (χ2v) is 4.19. The Balaban J connectivity index is 2.38. The second-order valence-electron chi connectivity index (χ2n) is 4.19. The van der Waals surface area contributed by atoms with Crippen molar-refractivity contribution < 1.29 is 9.52 Å².